The number of hydrogen-bond donors (Lipinski definition) is 2. The van der Waals surface area contributed by atoms with E-state index < -0.39 is 12.0 Å². The topological polar surface area (TPSA) is 63.3 Å². The van der Waals surface area contributed by atoms with Crippen molar-refractivity contribution in [3.05, 3.63) is 12.7 Å². The maximum absolute atomic E-state index is 10.3. The second-order valence-corrected chi connectivity index (χ2v) is 3.22. The average Bonchev–Trinajstić information content (AvgIpc) is 2.10. The summed E-state index contributed by atoms with van der Waals surface area (Å²) in [5, 5.41) is 8.48. The normalized spacial score (nSPS) is 12.4. The summed E-state index contributed by atoms with van der Waals surface area (Å²) in [7, 11) is 0. The molecule has 0 bridgehead atoms. The van der Waals surface area contributed by atoms with E-state index in [0.717, 1.165) is 32.1 Å². The van der Waals surface area contributed by atoms with Gasteiger partial charge in [0.05, 0.1) is 0 Å². The first-order valence-electron chi connectivity index (χ1n) is 4.77. The van der Waals surface area contributed by atoms with Gasteiger partial charge < -0.3 is 10.8 Å². The summed E-state index contributed by atoms with van der Waals surface area (Å²) in [6, 6.07) is -0.681. The van der Waals surface area contributed by atoms with Crippen molar-refractivity contribution in [2.45, 2.75) is 44.6 Å². The van der Waals surface area contributed by atoms with E-state index in [4.69, 9.17) is 10.8 Å². The average molecular weight is 185 g/mol. The molecule has 3 N–H and O–H groups in total. The third-order valence-electron chi connectivity index (χ3n) is 1.99. The van der Waals surface area contributed by atoms with Crippen LogP contribution >= 0.6 is 0 Å². The van der Waals surface area contributed by atoms with Gasteiger partial charge in [-0.3, -0.25) is 4.79 Å². The van der Waals surface area contributed by atoms with E-state index in [-0.39, 0.29) is 0 Å². The third kappa shape index (κ3) is 7.53. The molecule has 0 saturated carbocycles. The number of nitrogens with two attached hydrogens (primary N) is 1. The van der Waals surface area contributed by atoms with E-state index in [1.165, 1.54) is 0 Å². The lowest BCUT2D eigenvalue weighted by molar-refractivity contribution is -0.138. The minimum absolute atomic E-state index is 0.587. The molecule has 0 aliphatic carbocycles. The van der Waals surface area contributed by atoms with E-state index in [1.54, 1.807) is 0 Å². The zero-order valence-electron chi connectivity index (χ0n) is 8.04. The van der Waals surface area contributed by atoms with Crippen molar-refractivity contribution in [2.75, 3.05) is 0 Å². The van der Waals surface area contributed by atoms with Gasteiger partial charge in [-0.15, -0.1) is 6.58 Å². The van der Waals surface area contributed by atoms with E-state index in [1.807, 2.05) is 6.08 Å². The number of hydrogen-bond acceptors (Lipinski definition) is 2. The Kier molecular flexibility index (Phi) is 7.30. The van der Waals surface area contributed by atoms with E-state index in [9.17, 15) is 4.79 Å². The molecule has 1 atom stereocenters. The highest BCUT2D eigenvalue weighted by atomic mass is 16.4. The largest absolute Gasteiger partial charge is 0.480 e. The van der Waals surface area contributed by atoms with E-state index in [2.05, 4.69) is 6.58 Å². The van der Waals surface area contributed by atoms with Crippen molar-refractivity contribution in [3.8, 4) is 0 Å². The van der Waals surface area contributed by atoms with Crippen LogP contribution in [0, 0.1) is 0 Å². The van der Waals surface area contributed by atoms with Crippen LogP contribution in [0.2, 0.25) is 0 Å². The van der Waals surface area contributed by atoms with Crippen LogP contribution in [0.4, 0.5) is 0 Å². The third-order valence-corrected chi connectivity index (χ3v) is 1.99. The predicted molar refractivity (Wildman–Crippen MR) is 53.5 cm³/mol. The number of carboxylic acid groups (broad SMARTS) is 1. The number of rotatable bonds is 8. The monoisotopic (exact) mass is 185 g/mol. The van der Waals surface area contributed by atoms with Gasteiger partial charge in [0.25, 0.3) is 0 Å². The second kappa shape index (κ2) is 7.80. The zero-order chi connectivity index (χ0) is 10.1. The lowest BCUT2D eigenvalue weighted by atomic mass is 10.1. The van der Waals surface area contributed by atoms with Crippen molar-refractivity contribution in [1.82, 2.24) is 0 Å². The lowest BCUT2D eigenvalue weighted by Crippen LogP contribution is -2.29. The molecule has 0 saturated heterocycles. The number of carboxylic acids is 1. The van der Waals surface area contributed by atoms with Gasteiger partial charge in [0.1, 0.15) is 6.04 Å². The van der Waals surface area contributed by atoms with Gasteiger partial charge in [-0.2, -0.15) is 0 Å². The molecule has 0 rings (SSSR count). The molecule has 0 aliphatic rings. The number of unbranched alkanes of at least 4 members (excludes halogenated alkanes) is 4. The van der Waals surface area contributed by atoms with Crippen molar-refractivity contribution in [2.24, 2.45) is 5.73 Å². The van der Waals surface area contributed by atoms with Gasteiger partial charge in [0.15, 0.2) is 0 Å². The van der Waals surface area contributed by atoms with Crippen molar-refractivity contribution < 1.29 is 9.90 Å². The van der Waals surface area contributed by atoms with Gasteiger partial charge in [0, 0.05) is 0 Å². The molecule has 0 aromatic carbocycles. The molecule has 0 fully saturated rings. The van der Waals surface area contributed by atoms with Crippen molar-refractivity contribution in [3.63, 3.8) is 0 Å². The Morgan fingerprint density at radius 1 is 1.38 bits per heavy atom. The molecule has 0 aromatic rings. The van der Waals surface area contributed by atoms with E-state index >= 15 is 0 Å². The standard InChI is InChI=1S/C10H19NO2/c1-2-3-4-5-6-7-8-9(11)10(12)13/h2,9H,1,3-8,11H2,(H,12,13)/t9-/m0/s1. The van der Waals surface area contributed by atoms with Crippen molar-refractivity contribution >= 4 is 5.97 Å². The minimum Gasteiger partial charge on any atom is -0.480 e. The summed E-state index contributed by atoms with van der Waals surface area (Å²) < 4.78 is 0. The molecule has 13 heavy (non-hydrogen) atoms. The Morgan fingerprint density at radius 2 is 2.00 bits per heavy atom. The Morgan fingerprint density at radius 3 is 2.54 bits per heavy atom. The van der Waals surface area contributed by atoms with E-state index in [0.29, 0.717) is 6.42 Å². The summed E-state index contributed by atoms with van der Waals surface area (Å²) >= 11 is 0. The Bertz CT molecular complexity index is 157. The summed E-state index contributed by atoms with van der Waals surface area (Å²) in [6.07, 6.45) is 7.79. The maximum Gasteiger partial charge on any atom is 0.320 e. The Labute approximate surface area is 79.6 Å². The van der Waals surface area contributed by atoms with Crippen LogP contribution in [0.15, 0.2) is 12.7 Å². The molecule has 0 aliphatic heterocycles. The van der Waals surface area contributed by atoms with Crippen molar-refractivity contribution in [1.29, 1.82) is 0 Å². The molecule has 0 unspecified atom stereocenters. The lowest BCUT2D eigenvalue weighted by Gasteiger charge is -2.04. The molecule has 0 amide bonds. The minimum atomic E-state index is -0.897. The van der Waals surface area contributed by atoms with Crippen LogP contribution in [-0.4, -0.2) is 17.1 Å². The highest BCUT2D eigenvalue weighted by Crippen LogP contribution is 2.06. The Hall–Kier alpha value is -0.830. The molecule has 0 spiro atoms. The summed E-state index contributed by atoms with van der Waals surface area (Å²) in [6.45, 7) is 3.63. The van der Waals surface area contributed by atoms with Crippen LogP contribution < -0.4 is 5.73 Å². The molecule has 3 heteroatoms. The summed E-state index contributed by atoms with van der Waals surface area (Å²) in [5.74, 6) is -0.897. The van der Waals surface area contributed by atoms with Crippen LogP contribution in [-0.2, 0) is 4.79 Å². The van der Waals surface area contributed by atoms with Crippen LogP contribution in [0.3, 0.4) is 0 Å². The smallest absolute Gasteiger partial charge is 0.320 e. The number of aliphatic carboxylic acids is 1. The fourth-order valence-electron chi connectivity index (χ4n) is 1.13. The quantitative estimate of drug-likeness (QED) is 0.448. The van der Waals surface area contributed by atoms with Gasteiger partial charge in [0.2, 0.25) is 0 Å². The summed E-state index contributed by atoms with van der Waals surface area (Å²) in [5.41, 5.74) is 5.34. The van der Waals surface area contributed by atoms with Crippen LogP contribution in [0.5, 0.6) is 0 Å². The second-order valence-electron chi connectivity index (χ2n) is 3.22. The Balaban J connectivity index is 3.15. The molecule has 76 valence electrons. The first kappa shape index (κ1) is 12.2. The fourth-order valence-corrected chi connectivity index (χ4v) is 1.13. The molecular formula is C10H19NO2. The van der Waals surface area contributed by atoms with Crippen LogP contribution in [0.1, 0.15) is 38.5 Å². The first-order valence-corrected chi connectivity index (χ1v) is 4.77. The highest BCUT2D eigenvalue weighted by molar-refractivity contribution is 5.72. The molecule has 0 radical (unpaired) electrons. The highest BCUT2D eigenvalue weighted by Gasteiger charge is 2.09. The summed E-state index contributed by atoms with van der Waals surface area (Å²) in [4.78, 5) is 10.3. The maximum atomic E-state index is 10.3. The zero-order valence-corrected chi connectivity index (χ0v) is 8.04. The van der Waals surface area contributed by atoms with Gasteiger partial charge in [-0.1, -0.05) is 25.3 Å². The molecule has 0 aromatic heterocycles. The van der Waals surface area contributed by atoms with Crippen LogP contribution in [0.25, 0.3) is 0 Å². The first-order chi connectivity index (χ1) is 6.18. The molecule has 0 heterocycles. The number of carbonyl (C=O) groups is 1. The predicted octanol–water partition coefficient (Wildman–Crippen LogP) is 1.92. The molecular weight excluding hydrogens is 166 g/mol. The fraction of sp³-hybridized carbons (Fsp3) is 0.700. The van der Waals surface area contributed by atoms with Gasteiger partial charge in [-0.25, -0.2) is 0 Å². The number of allylic oxidation sites excluding steroid dienone is 1. The molecule has 3 nitrogen and oxygen atoms in total. The SMILES string of the molecule is C=CCCCCCC[C@H](N)C(=O)O. The van der Waals surface area contributed by atoms with Gasteiger partial charge >= 0.3 is 5.97 Å². The van der Waals surface area contributed by atoms with Gasteiger partial charge in [-0.05, 0) is 19.3 Å².